The second kappa shape index (κ2) is 6.73. The molecule has 0 spiro atoms. The molecule has 0 unspecified atom stereocenters. The highest BCUT2D eigenvalue weighted by Gasteiger charge is 2.29. The van der Waals surface area contributed by atoms with Crippen LogP contribution >= 0.6 is 0 Å². The molecule has 0 saturated heterocycles. The lowest BCUT2D eigenvalue weighted by Gasteiger charge is -2.11. The summed E-state index contributed by atoms with van der Waals surface area (Å²) in [6.45, 7) is 1.71. The van der Waals surface area contributed by atoms with Crippen molar-refractivity contribution in [1.29, 1.82) is 0 Å². The van der Waals surface area contributed by atoms with Crippen molar-refractivity contribution in [2.75, 3.05) is 0 Å². The molecule has 4 aromatic rings. The van der Waals surface area contributed by atoms with Crippen LogP contribution in [0.4, 0.5) is 17.6 Å². The van der Waals surface area contributed by atoms with Gasteiger partial charge in [-0.1, -0.05) is 12.1 Å². The minimum absolute atomic E-state index is 0.128. The van der Waals surface area contributed by atoms with E-state index in [1.54, 1.807) is 13.0 Å². The van der Waals surface area contributed by atoms with Gasteiger partial charge in [0.1, 0.15) is 11.6 Å². The fourth-order valence-electron chi connectivity index (χ4n) is 3.22. The summed E-state index contributed by atoms with van der Waals surface area (Å²) in [6, 6.07) is 7.67. The lowest BCUT2D eigenvalue weighted by atomic mass is 10.0. The maximum absolute atomic E-state index is 14.8. The van der Waals surface area contributed by atoms with Crippen molar-refractivity contribution in [2.45, 2.75) is 6.92 Å². The SMILES string of the molecule is Cc1cc(C=O)c2nc(-c3c(F)c(F)c(-c4ccc(O)cc4)c(F)c3F)[nH]c2c1. The van der Waals surface area contributed by atoms with Gasteiger partial charge in [0.05, 0.1) is 22.2 Å². The molecule has 29 heavy (non-hydrogen) atoms. The molecule has 1 heterocycles. The summed E-state index contributed by atoms with van der Waals surface area (Å²) >= 11 is 0. The van der Waals surface area contributed by atoms with E-state index >= 15 is 0 Å². The van der Waals surface area contributed by atoms with E-state index in [4.69, 9.17) is 0 Å². The molecule has 0 aliphatic rings. The summed E-state index contributed by atoms with van der Waals surface area (Å²) in [7, 11) is 0. The number of hydrogen-bond donors (Lipinski definition) is 2. The Hall–Kier alpha value is -3.68. The van der Waals surface area contributed by atoms with Gasteiger partial charge in [-0.15, -0.1) is 0 Å². The third-order valence-electron chi connectivity index (χ3n) is 4.54. The molecule has 146 valence electrons. The van der Waals surface area contributed by atoms with Gasteiger partial charge < -0.3 is 10.1 Å². The Balaban J connectivity index is 1.97. The molecule has 4 rings (SSSR count). The van der Waals surface area contributed by atoms with Crippen LogP contribution in [0, 0.1) is 30.2 Å². The van der Waals surface area contributed by atoms with E-state index in [0.29, 0.717) is 17.4 Å². The number of aryl methyl sites for hydroxylation is 1. The number of rotatable bonds is 3. The molecular weight excluding hydrogens is 388 g/mol. The molecule has 0 bridgehead atoms. The van der Waals surface area contributed by atoms with Crippen molar-refractivity contribution < 1.29 is 27.5 Å². The Bertz CT molecular complexity index is 1250. The molecule has 3 aromatic carbocycles. The van der Waals surface area contributed by atoms with Crippen molar-refractivity contribution in [1.82, 2.24) is 9.97 Å². The number of benzene rings is 3. The number of aldehydes is 1. The molecule has 0 radical (unpaired) electrons. The van der Waals surface area contributed by atoms with Crippen molar-refractivity contribution in [3.8, 4) is 28.3 Å². The standard InChI is InChI=1S/C21H12F4N2O2/c1-9-6-11(8-28)20-13(7-9)26-21(27-20)15-18(24)16(22)14(17(23)19(15)25)10-2-4-12(29)5-3-10/h2-8,29H,1H3,(H,26,27). The zero-order chi connectivity index (χ0) is 20.9. The summed E-state index contributed by atoms with van der Waals surface area (Å²) in [5.41, 5.74) is -0.768. The van der Waals surface area contributed by atoms with E-state index in [1.807, 2.05) is 0 Å². The van der Waals surface area contributed by atoms with Gasteiger partial charge in [0.2, 0.25) is 0 Å². The third-order valence-corrected chi connectivity index (χ3v) is 4.54. The summed E-state index contributed by atoms with van der Waals surface area (Å²) in [5.74, 6) is -7.08. The van der Waals surface area contributed by atoms with E-state index < -0.39 is 40.2 Å². The first-order valence-electron chi connectivity index (χ1n) is 8.43. The van der Waals surface area contributed by atoms with Crippen LogP contribution in [0.2, 0.25) is 0 Å². The summed E-state index contributed by atoms with van der Waals surface area (Å²) in [6.07, 6.45) is 0.530. The number of phenolic OH excluding ortho intramolecular Hbond substituents is 1. The number of halogens is 4. The van der Waals surface area contributed by atoms with Crippen LogP contribution in [-0.4, -0.2) is 21.4 Å². The zero-order valence-electron chi connectivity index (χ0n) is 14.9. The molecule has 0 atom stereocenters. The lowest BCUT2D eigenvalue weighted by molar-refractivity contribution is 0.112. The van der Waals surface area contributed by atoms with E-state index in [2.05, 4.69) is 9.97 Å². The fraction of sp³-hybridized carbons (Fsp3) is 0.0476. The number of aromatic hydroxyl groups is 1. The molecule has 0 aliphatic heterocycles. The highest BCUT2D eigenvalue weighted by molar-refractivity contribution is 5.96. The number of carbonyl (C=O) groups is 1. The number of nitrogens with zero attached hydrogens (tertiary/aromatic N) is 1. The first kappa shape index (κ1) is 18.7. The zero-order valence-corrected chi connectivity index (χ0v) is 14.9. The molecule has 0 saturated carbocycles. The second-order valence-corrected chi connectivity index (χ2v) is 6.51. The Kier molecular flexibility index (Phi) is 4.34. The molecular formula is C21H12F4N2O2. The van der Waals surface area contributed by atoms with Crippen molar-refractivity contribution >= 4 is 17.3 Å². The van der Waals surface area contributed by atoms with Gasteiger partial charge in [0.15, 0.2) is 29.6 Å². The molecule has 4 nitrogen and oxygen atoms in total. The predicted octanol–water partition coefficient (Wildman–Crippen LogP) is 5.28. The number of carbonyl (C=O) groups excluding carboxylic acids is 1. The van der Waals surface area contributed by atoms with Crippen molar-refractivity contribution in [3.05, 3.63) is 70.8 Å². The Morgan fingerprint density at radius 3 is 2.10 bits per heavy atom. The molecule has 0 aliphatic carbocycles. The molecule has 8 heteroatoms. The number of aromatic nitrogens is 2. The number of H-pyrrole nitrogens is 1. The molecule has 0 fully saturated rings. The fourth-order valence-corrected chi connectivity index (χ4v) is 3.22. The molecule has 0 amide bonds. The second-order valence-electron chi connectivity index (χ2n) is 6.51. The minimum Gasteiger partial charge on any atom is -0.508 e. The van der Waals surface area contributed by atoms with Gasteiger partial charge in [-0.05, 0) is 42.3 Å². The third kappa shape index (κ3) is 2.93. The average Bonchev–Trinajstić information content (AvgIpc) is 3.11. The lowest BCUT2D eigenvalue weighted by Crippen LogP contribution is -2.04. The number of imidazole rings is 1. The minimum atomic E-state index is -1.63. The Morgan fingerprint density at radius 2 is 1.52 bits per heavy atom. The van der Waals surface area contributed by atoms with Crippen LogP contribution < -0.4 is 0 Å². The quantitative estimate of drug-likeness (QED) is 0.279. The predicted molar refractivity (Wildman–Crippen MR) is 98.6 cm³/mol. The monoisotopic (exact) mass is 400 g/mol. The largest absolute Gasteiger partial charge is 0.508 e. The van der Waals surface area contributed by atoms with Crippen LogP contribution in [0.5, 0.6) is 5.75 Å². The first-order valence-corrected chi connectivity index (χ1v) is 8.43. The van der Waals surface area contributed by atoms with Gasteiger partial charge >= 0.3 is 0 Å². The average molecular weight is 400 g/mol. The van der Waals surface area contributed by atoms with E-state index in [0.717, 1.165) is 24.3 Å². The van der Waals surface area contributed by atoms with Crippen LogP contribution in [0.25, 0.3) is 33.5 Å². The Labute approximate surface area is 161 Å². The van der Waals surface area contributed by atoms with E-state index in [1.165, 1.54) is 6.07 Å². The van der Waals surface area contributed by atoms with Crippen LogP contribution in [0.15, 0.2) is 36.4 Å². The van der Waals surface area contributed by atoms with Crippen LogP contribution in [-0.2, 0) is 0 Å². The summed E-state index contributed by atoms with van der Waals surface area (Å²) in [5, 5.41) is 9.30. The number of hydrogen-bond acceptors (Lipinski definition) is 3. The molecule has 1 aromatic heterocycles. The number of phenols is 1. The number of aromatic amines is 1. The van der Waals surface area contributed by atoms with Gasteiger partial charge in [-0.2, -0.15) is 0 Å². The molecule has 2 N–H and O–H groups in total. The van der Waals surface area contributed by atoms with E-state index in [9.17, 15) is 27.5 Å². The highest BCUT2D eigenvalue weighted by atomic mass is 19.2. The number of nitrogens with one attached hydrogen (secondary N) is 1. The van der Waals surface area contributed by atoms with Crippen LogP contribution in [0.3, 0.4) is 0 Å². The van der Waals surface area contributed by atoms with E-state index in [-0.39, 0.29) is 22.4 Å². The smallest absolute Gasteiger partial charge is 0.173 e. The topological polar surface area (TPSA) is 66.0 Å². The summed E-state index contributed by atoms with van der Waals surface area (Å²) < 4.78 is 59.0. The Morgan fingerprint density at radius 1 is 0.931 bits per heavy atom. The maximum Gasteiger partial charge on any atom is 0.173 e. The van der Waals surface area contributed by atoms with Gasteiger partial charge in [0.25, 0.3) is 0 Å². The van der Waals surface area contributed by atoms with Gasteiger partial charge in [0, 0.05) is 5.56 Å². The number of fused-ring (bicyclic) bond motifs is 1. The highest BCUT2D eigenvalue weighted by Crippen LogP contribution is 2.37. The van der Waals surface area contributed by atoms with Crippen molar-refractivity contribution in [3.63, 3.8) is 0 Å². The first-order chi connectivity index (χ1) is 13.8. The maximum atomic E-state index is 14.8. The van der Waals surface area contributed by atoms with Gasteiger partial charge in [-0.25, -0.2) is 22.5 Å². The van der Waals surface area contributed by atoms with Crippen molar-refractivity contribution in [2.24, 2.45) is 0 Å². The summed E-state index contributed by atoms with van der Waals surface area (Å²) in [4.78, 5) is 17.8. The van der Waals surface area contributed by atoms with Gasteiger partial charge in [-0.3, -0.25) is 4.79 Å². The van der Waals surface area contributed by atoms with Crippen LogP contribution in [0.1, 0.15) is 15.9 Å². The normalized spacial score (nSPS) is 11.2.